The number of aliphatic hydroxyl groups is 1. The molecule has 1 fully saturated rings. The van der Waals surface area contributed by atoms with Gasteiger partial charge in [-0.05, 0) is 45.2 Å². The molecule has 0 radical (unpaired) electrons. The van der Waals surface area contributed by atoms with Crippen molar-refractivity contribution in [3.8, 4) is 0 Å². The zero-order valence-corrected chi connectivity index (χ0v) is 14.5. The Bertz CT molecular complexity index is 262. The molecule has 0 aromatic carbocycles. The largest absolute Gasteiger partial charge is 0.394 e. The quantitative estimate of drug-likeness (QED) is 0.615. The van der Waals surface area contributed by atoms with Crippen LogP contribution in [0.1, 0.15) is 59.8 Å². The normalized spacial score (nSPS) is 22.1. The first-order valence-corrected chi connectivity index (χ1v) is 8.77. The predicted octanol–water partition coefficient (Wildman–Crippen LogP) is 2.41. The van der Waals surface area contributed by atoms with E-state index in [4.69, 9.17) is 4.74 Å². The highest BCUT2D eigenvalue weighted by Crippen LogP contribution is 2.19. The standard InChI is InChI=1S/C17H36N2O2/c1-5-17(14-20,18-15(3)4)10-8-11-19(6-2)13-16-9-7-12-21-16/h15-16,18,20H,5-14H2,1-4H3. The summed E-state index contributed by atoms with van der Waals surface area (Å²) in [4.78, 5) is 2.49. The molecule has 0 amide bonds. The number of ether oxygens (including phenoxy) is 1. The summed E-state index contributed by atoms with van der Waals surface area (Å²) in [6, 6.07) is 0.409. The Morgan fingerprint density at radius 1 is 1.38 bits per heavy atom. The fraction of sp³-hybridized carbons (Fsp3) is 1.00. The third-order valence-corrected chi connectivity index (χ3v) is 4.64. The lowest BCUT2D eigenvalue weighted by atomic mass is 9.90. The molecule has 4 heteroatoms. The number of nitrogens with one attached hydrogen (secondary N) is 1. The van der Waals surface area contributed by atoms with E-state index in [9.17, 15) is 5.11 Å². The summed E-state index contributed by atoms with van der Waals surface area (Å²) in [5, 5.41) is 13.3. The molecule has 1 aliphatic rings. The molecule has 0 bridgehead atoms. The molecule has 126 valence electrons. The zero-order chi connectivity index (χ0) is 15.7. The van der Waals surface area contributed by atoms with Gasteiger partial charge in [-0.15, -0.1) is 0 Å². The monoisotopic (exact) mass is 300 g/mol. The molecule has 0 aromatic rings. The summed E-state index contributed by atoms with van der Waals surface area (Å²) < 4.78 is 5.73. The smallest absolute Gasteiger partial charge is 0.0702 e. The van der Waals surface area contributed by atoms with E-state index in [2.05, 4.69) is 37.9 Å². The SMILES string of the molecule is CCN(CCCC(CC)(CO)NC(C)C)CC1CCCO1. The van der Waals surface area contributed by atoms with Crippen LogP contribution < -0.4 is 5.32 Å². The minimum Gasteiger partial charge on any atom is -0.394 e. The van der Waals surface area contributed by atoms with Crippen LogP contribution in [-0.2, 0) is 4.74 Å². The number of rotatable bonds is 11. The second-order valence-electron chi connectivity index (χ2n) is 6.72. The van der Waals surface area contributed by atoms with Gasteiger partial charge in [0.05, 0.1) is 12.7 Å². The van der Waals surface area contributed by atoms with Crippen molar-refractivity contribution in [1.82, 2.24) is 10.2 Å². The van der Waals surface area contributed by atoms with Crippen molar-refractivity contribution in [3.05, 3.63) is 0 Å². The van der Waals surface area contributed by atoms with Gasteiger partial charge in [-0.3, -0.25) is 0 Å². The maximum absolute atomic E-state index is 9.78. The summed E-state index contributed by atoms with van der Waals surface area (Å²) in [5.74, 6) is 0. The Labute approximate surface area is 131 Å². The topological polar surface area (TPSA) is 44.7 Å². The van der Waals surface area contributed by atoms with Crippen LogP contribution in [0.5, 0.6) is 0 Å². The van der Waals surface area contributed by atoms with Gasteiger partial charge >= 0.3 is 0 Å². The van der Waals surface area contributed by atoms with Gasteiger partial charge in [-0.2, -0.15) is 0 Å². The van der Waals surface area contributed by atoms with Crippen molar-refractivity contribution in [2.24, 2.45) is 0 Å². The molecule has 1 saturated heterocycles. The van der Waals surface area contributed by atoms with Crippen LogP contribution in [0.15, 0.2) is 0 Å². The van der Waals surface area contributed by atoms with E-state index < -0.39 is 0 Å². The average Bonchev–Trinajstić information content (AvgIpc) is 2.97. The highest BCUT2D eigenvalue weighted by molar-refractivity contribution is 4.87. The van der Waals surface area contributed by atoms with Gasteiger partial charge in [-0.1, -0.05) is 27.7 Å². The van der Waals surface area contributed by atoms with E-state index in [0.717, 1.165) is 45.5 Å². The van der Waals surface area contributed by atoms with E-state index >= 15 is 0 Å². The van der Waals surface area contributed by atoms with Crippen molar-refractivity contribution in [1.29, 1.82) is 0 Å². The van der Waals surface area contributed by atoms with Crippen LogP contribution in [0.3, 0.4) is 0 Å². The van der Waals surface area contributed by atoms with Crippen molar-refractivity contribution in [2.45, 2.75) is 77.5 Å². The lowest BCUT2D eigenvalue weighted by molar-refractivity contribution is 0.0715. The third-order valence-electron chi connectivity index (χ3n) is 4.64. The second-order valence-corrected chi connectivity index (χ2v) is 6.72. The molecule has 21 heavy (non-hydrogen) atoms. The van der Waals surface area contributed by atoms with Crippen molar-refractivity contribution in [2.75, 3.05) is 32.8 Å². The number of likely N-dealkylation sites (N-methyl/N-ethyl adjacent to an activating group) is 1. The molecule has 0 spiro atoms. The Morgan fingerprint density at radius 2 is 2.14 bits per heavy atom. The molecule has 2 atom stereocenters. The minimum absolute atomic E-state index is 0.114. The minimum atomic E-state index is -0.114. The Kier molecular flexibility index (Phi) is 8.79. The molecule has 0 aliphatic carbocycles. The molecule has 0 aromatic heterocycles. The van der Waals surface area contributed by atoms with Crippen molar-refractivity contribution >= 4 is 0 Å². The first kappa shape index (κ1) is 18.9. The first-order valence-electron chi connectivity index (χ1n) is 8.77. The van der Waals surface area contributed by atoms with E-state index in [1.807, 2.05) is 0 Å². The van der Waals surface area contributed by atoms with Crippen LogP contribution in [0, 0.1) is 0 Å². The van der Waals surface area contributed by atoms with E-state index in [0.29, 0.717) is 12.1 Å². The van der Waals surface area contributed by atoms with Crippen molar-refractivity contribution in [3.63, 3.8) is 0 Å². The molecule has 1 rings (SSSR count). The molecule has 1 aliphatic heterocycles. The Hall–Kier alpha value is -0.160. The van der Waals surface area contributed by atoms with Gasteiger partial charge in [0.25, 0.3) is 0 Å². The Balaban J connectivity index is 2.36. The van der Waals surface area contributed by atoms with Crippen LogP contribution in [0.4, 0.5) is 0 Å². The van der Waals surface area contributed by atoms with Gasteiger partial charge in [0.15, 0.2) is 0 Å². The van der Waals surface area contributed by atoms with Crippen LogP contribution in [0.25, 0.3) is 0 Å². The summed E-state index contributed by atoms with van der Waals surface area (Å²) >= 11 is 0. The Morgan fingerprint density at radius 3 is 2.62 bits per heavy atom. The maximum Gasteiger partial charge on any atom is 0.0702 e. The van der Waals surface area contributed by atoms with Crippen LogP contribution >= 0.6 is 0 Å². The van der Waals surface area contributed by atoms with Crippen LogP contribution in [-0.4, -0.2) is 60.5 Å². The number of hydrogen-bond acceptors (Lipinski definition) is 4. The van der Waals surface area contributed by atoms with Gasteiger partial charge < -0.3 is 20.1 Å². The number of nitrogens with zero attached hydrogens (tertiary/aromatic N) is 1. The van der Waals surface area contributed by atoms with E-state index in [-0.39, 0.29) is 12.1 Å². The highest BCUT2D eigenvalue weighted by atomic mass is 16.5. The molecular formula is C17H36N2O2. The second kappa shape index (κ2) is 9.78. The van der Waals surface area contributed by atoms with Gasteiger partial charge in [0.2, 0.25) is 0 Å². The molecular weight excluding hydrogens is 264 g/mol. The summed E-state index contributed by atoms with van der Waals surface area (Å²) in [6.07, 6.45) is 5.98. The highest BCUT2D eigenvalue weighted by Gasteiger charge is 2.27. The molecule has 4 nitrogen and oxygen atoms in total. The lowest BCUT2D eigenvalue weighted by Crippen LogP contribution is -2.51. The third kappa shape index (κ3) is 6.64. The number of hydrogen-bond donors (Lipinski definition) is 2. The average molecular weight is 300 g/mol. The van der Waals surface area contributed by atoms with Gasteiger partial charge in [0.1, 0.15) is 0 Å². The van der Waals surface area contributed by atoms with Gasteiger partial charge in [0, 0.05) is 24.7 Å². The zero-order valence-electron chi connectivity index (χ0n) is 14.5. The summed E-state index contributed by atoms with van der Waals surface area (Å²) in [7, 11) is 0. The molecule has 2 unspecified atom stereocenters. The van der Waals surface area contributed by atoms with Crippen LogP contribution in [0.2, 0.25) is 0 Å². The molecule has 2 N–H and O–H groups in total. The van der Waals surface area contributed by atoms with Crippen molar-refractivity contribution < 1.29 is 9.84 Å². The fourth-order valence-electron chi connectivity index (χ4n) is 3.30. The first-order chi connectivity index (χ1) is 10.0. The fourth-order valence-corrected chi connectivity index (χ4v) is 3.30. The van der Waals surface area contributed by atoms with E-state index in [1.165, 1.54) is 12.8 Å². The van der Waals surface area contributed by atoms with E-state index in [1.54, 1.807) is 0 Å². The lowest BCUT2D eigenvalue weighted by Gasteiger charge is -2.35. The summed E-state index contributed by atoms with van der Waals surface area (Å²) in [6.45, 7) is 13.1. The number of aliphatic hydroxyl groups excluding tert-OH is 1. The maximum atomic E-state index is 9.78. The predicted molar refractivity (Wildman–Crippen MR) is 88.7 cm³/mol. The van der Waals surface area contributed by atoms with Gasteiger partial charge in [-0.25, -0.2) is 0 Å². The molecule has 1 heterocycles. The molecule has 0 saturated carbocycles. The summed E-state index contributed by atoms with van der Waals surface area (Å²) in [5.41, 5.74) is -0.114.